The molecule has 0 N–H and O–H groups in total. The van der Waals surface area contributed by atoms with Crippen molar-refractivity contribution in [2.45, 2.75) is 0 Å². The number of fused-ring (bicyclic) bond motifs is 2. The van der Waals surface area contributed by atoms with Crippen molar-refractivity contribution in [2.24, 2.45) is 0 Å². The second-order valence-corrected chi connectivity index (χ2v) is 9.79. The predicted molar refractivity (Wildman–Crippen MR) is 163 cm³/mol. The van der Waals surface area contributed by atoms with Gasteiger partial charge in [0.2, 0.25) is 0 Å². The topological polar surface area (TPSA) is 0 Å². The van der Waals surface area contributed by atoms with Gasteiger partial charge in [-0.05, 0) is 72.1 Å². The van der Waals surface area contributed by atoms with E-state index in [1.54, 1.807) is 0 Å². The van der Waals surface area contributed by atoms with Crippen LogP contribution >= 0.6 is 0 Å². The van der Waals surface area contributed by atoms with Crippen LogP contribution in [0.4, 0.5) is 0 Å². The minimum absolute atomic E-state index is 1.23. The molecule has 0 fully saturated rings. The molecule has 0 spiro atoms. The molecule has 0 heteroatoms. The summed E-state index contributed by atoms with van der Waals surface area (Å²) in [5, 5.41) is 5.09. The van der Waals surface area contributed by atoms with Crippen LogP contribution in [0.5, 0.6) is 0 Å². The van der Waals surface area contributed by atoms with Crippen molar-refractivity contribution in [2.75, 3.05) is 0 Å². The van der Waals surface area contributed by atoms with Crippen molar-refractivity contribution >= 4 is 21.5 Å². The van der Waals surface area contributed by atoms with Crippen LogP contribution in [0, 0.1) is 0 Å². The molecule has 0 saturated carbocycles. The molecule has 7 aromatic rings. The van der Waals surface area contributed by atoms with Gasteiger partial charge in [0, 0.05) is 0 Å². The molecule has 38 heavy (non-hydrogen) atoms. The summed E-state index contributed by atoms with van der Waals surface area (Å²) in [6.07, 6.45) is 0. The maximum Gasteiger partial charge on any atom is -0.00992 e. The highest BCUT2D eigenvalue weighted by atomic mass is 14.1. The molecule has 0 heterocycles. The van der Waals surface area contributed by atoms with Crippen molar-refractivity contribution in [1.82, 2.24) is 0 Å². The van der Waals surface area contributed by atoms with Gasteiger partial charge in [0.15, 0.2) is 0 Å². The van der Waals surface area contributed by atoms with E-state index in [1.807, 2.05) is 0 Å². The van der Waals surface area contributed by atoms with E-state index in [-0.39, 0.29) is 0 Å². The summed E-state index contributed by atoms with van der Waals surface area (Å²) in [5.74, 6) is 0. The number of hydrogen-bond acceptors (Lipinski definition) is 0. The zero-order valence-corrected chi connectivity index (χ0v) is 21.0. The van der Waals surface area contributed by atoms with E-state index in [2.05, 4.69) is 158 Å². The standard InChI is InChI=1S/C38H26/c1-2-8-27(9-3-1)29-16-21-31(22-17-29)35-12-6-15-38-36(13-7-14-37(35)38)32-23-18-30(19-24-32)34-25-20-28-10-4-5-11-33(28)26-34/h1-26H. The van der Waals surface area contributed by atoms with Gasteiger partial charge in [0.1, 0.15) is 0 Å². The molecular weight excluding hydrogens is 456 g/mol. The van der Waals surface area contributed by atoms with Crippen molar-refractivity contribution < 1.29 is 0 Å². The van der Waals surface area contributed by atoms with Crippen LogP contribution in [0.25, 0.3) is 66.1 Å². The third-order valence-electron chi connectivity index (χ3n) is 7.50. The van der Waals surface area contributed by atoms with E-state index >= 15 is 0 Å². The number of rotatable bonds is 4. The fourth-order valence-electron chi connectivity index (χ4n) is 5.50. The largest absolute Gasteiger partial charge is 0.0622 e. The molecule has 0 atom stereocenters. The Balaban J connectivity index is 1.25. The Morgan fingerprint density at radius 1 is 0.237 bits per heavy atom. The molecule has 0 aromatic heterocycles. The van der Waals surface area contributed by atoms with E-state index in [4.69, 9.17) is 0 Å². The highest BCUT2D eigenvalue weighted by Gasteiger charge is 2.09. The summed E-state index contributed by atoms with van der Waals surface area (Å²) in [4.78, 5) is 0. The normalized spacial score (nSPS) is 11.2. The van der Waals surface area contributed by atoms with Crippen LogP contribution in [-0.4, -0.2) is 0 Å². The number of benzene rings is 7. The molecule has 178 valence electrons. The second kappa shape index (κ2) is 9.50. The lowest BCUT2D eigenvalue weighted by Crippen LogP contribution is -1.86. The van der Waals surface area contributed by atoms with Crippen molar-refractivity contribution in [1.29, 1.82) is 0 Å². The van der Waals surface area contributed by atoms with Gasteiger partial charge in [-0.15, -0.1) is 0 Å². The van der Waals surface area contributed by atoms with Crippen LogP contribution in [0.2, 0.25) is 0 Å². The van der Waals surface area contributed by atoms with E-state index in [0.29, 0.717) is 0 Å². The monoisotopic (exact) mass is 482 g/mol. The molecule has 0 aliphatic rings. The molecule has 0 amide bonds. The molecule has 0 aliphatic heterocycles. The number of hydrogen-bond donors (Lipinski definition) is 0. The lowest BCUT2D eigenvalue weighted by molar-refractivity contribution is 1.60. The molecule has 0 unspecified atom stereocenters. The van der Waals surface area contributed by atoms with E-state index in [9.17, 15) is 0 Å². The highest BCUT2D eigenvalue weighted by Crippen LogP contribution is 2.36. The third-order valence-corrected chi connectivity index (χ3v) is 7.50. The van der Waals surface area contributed by atoms with Gasteiger partial charge in [0.05, 0.1) is 0 Å². The Bertz CT molecular complexity index is 1880. The summed E-state index contributed by atoms with van der Waals surface area (Å²) in [6, 6.07) is 57.0. The molecule has 0 radical (unpaired) electrons. The minimum atomic E-state index is 1.23. The lowest BCUT2D eigenvalue weighted by Gasteiger charge is -2.13. The van der Waals surface area contributed by atoms with Gasteiger partial charge < -0.3 is 0 Å². The Kier molecular flexibility index (Phi) is 5.57. The maximum atomic E-state index is 2.28. The van der Waals surface area contributed by atoms with Gasteiger partial charge in [-0.2, -0.15) is 0 Å². The maximum absolute atomic E-state index is 2.28. The Morgan fingerprint density at radius 3 is 1.29 bits per heavy atom. The summed E-state index contributed by atoms with van der Waals surface area (Å²) in [7, 11) is 0. The van der Waals surface area contributed by atoms with Crippen LogP contribution in [0.15, 0.2) is 158 Å². The van der Waals surface area contributed by atoms with E-state index in [0.717, 1.165) is 0 Å². The van der Waals surface area contributed by atoms with Crippen molar-refractivity contribution in [3.05, 3.63) is 158 Å². The first-order valence-corrected chi connectivity index (χ1v) is 13.1. The van der Waals surface area contributed by atoms with Gasteiger partial charge in [0.25, 0.3) is 0 Å². The summed E-state index contributed by atoms with van der Waals surface area (Å²) in [6.45, 7) is 0. The Morgan fingerprint density at radius 2 is 0.684 bits per heavy atom. The molecular formula is C38H26. The molecule has 7 rings (SSSR count). The van der Waals surface area contributed by atoms with Gasteiger partial charge in [-0.3, -0.25) is 0 Å². The molecule has 0 aliphatic carbocycles. The third kappa shape index (κ3) is 4.07. The van der Waals surface area contributed by atoms with Gasteiger partial charge in [-0.1, -0.05) is 152 Å². The average molecular weight is 483 g/mol. The fourth-order valence-corrected chi connectivity index (χ4v) is 5.50. The van der Waals surface area contributed by atoms with E-state index < -0.39 is 0 Å². The van der Waals surface area contributed by atoms with Crippen LogP contribution < -0.4 is 0 Å². The first kappa shape index (κ1) is 22.3. The van der Waals surface area contributed by atoms with Gasteiger partial charge >= 0.3 is 0 Å². The molecule has 0 saturated heterocycles. The Labute approximate surface area is 223 Å². The van der Waals surface area contributed by atoms with Crippen molar-refractivity contribution in [3.63, 3.8) is 0 Å². The summed E-state index contributed by atoms with van der Waals surface area (Å²) >= 11 is 0. The molecule has 0 nitrogen and oxygen atoms in total. The Hall–Kier alpha value is -4.94. The van der Waals surface area contributed by atoms with Gasteiger partial charge in [-0.25, -0.2) is 0 Å². The van der Waals surface area contributed by atoms with Crippen LogP contribution in [-0.2, 0) is 0 Å². The van der Waals surface area contributed by atoms with Crippen LogP contribution in [0.3, 0.4) is 0 Å². The predicted octanol–water partition coefficient (Wildman–Crippen LogP) is 10.7. The second-order valence-electron chi connectivity index (χ2n) is 9.79. The zero-order chi connectivity index (χ0) is 25.3. The quantitative estimate of drug-likeness (QED) is 0.234. The summed E-state index contributed by atoms with van der Waals surface area (Å²) < 4.78 is 0. The van der Waals surface area contributed by atoms with Crippen molar-refractivity contribution in [3.8, 4) is 44.5 Å². The molecule has 7 aromatic carbocycles. The fraction of sp³-hybridized carbons (Fsp3) is 0. The summed E-state index contributed by atoms with van der Waals surface area (Å²) in [5.41, 5.74) is 9.95. The molecule has 0 bridgehead atoms. The highest BCUT2D eigenvalue weighted by molar-refractivity contribution is 6.04. The van der Waals surface area contributed by atoms with Crippen LogP contribution in [0.1, 0.15) is 0 Å². The lowest BCUT2D eigenvalue weighted by atomic mass is 9.91. The van der Waals surface area contributed by atoms with E-state index in [1.165, 1.54) is 66.1 Å². The smallest absolute Gasteiger partial charge is 0.00992 e. The first-order valence-electron chi connectivity index (χ1n) is 13.1. The zero-order valence-electron chi connectivity index (χ0n) is 21.0. The minimum Gasteiger partial charge on any atom is -0.0622 e. The first-order chi connectivity index (χ1) is 18.8. The SMILES string of the molecule is c1ccc(-c2ccc(-c3cccc4c(-c5ccc(-c6ccc7ccccc7c6)cc5)cccc34)cc2)cc1. The average Bonchev–Trinajstić information content (AvgIpc) is 3.01.